The van der Waals surface area contributed by atoms with Gasteiger partial charge in [0.25, 0.3) is 0 Å². The van der Waals surface area contributed by atoms with Gasteiger partial charge in [0.2, 0.25) is 5.89 Å². The van der Waals surface area contributed by atoms with Crippen LogP contribution in [0.15, 0.2) is 34.9 Å². The van der Waals surface area contributed by atoms with Gasteiger partial charge >= 0.3 is 0 Å². The first kappa shape index (κ1) is 10.8. The SMILES string of the molecule is CNCCc1noc(Cc2ccccc2)n1. The summed E-state index contributed by atoms with van der Waals surface area (Å²) < 4.78 is 5.18. The number of nitrogens with zero attached hydrogens (tertiary/aromatic N) is 2. The van der Waals surface area contributed by atoms with Crippen LogP contribution in [0.25, 0.3) is 0 Å². The fourth-order valence-electron chi connectivity index (χ4n) is 1.47. The minimum absolute atomic E-state index is 0.678. The molecule has 0 bridgehead atoms. The molecule has 16 heavy (non-hydrogen) atoms. The molecule has 2 aromatic rings. The second-order valence-electron chi connectivity index (χ2n) is 3.62. The Bertz CT molecular complexity index is 425. The Hall–Kier alpha value is -1.68. The zero-order chi connectivity index (χ0) is 11.2. The third-order valence-electron chi connectivity index (χ3n) is 2.31. The maximum Gasteiger partial charge on any atom is 0.231 e. The zero-order valence-corrected chi connectivity index (χ0v) is 9.31. The van der Waals surface area contributed by atoms with E-state index in [2.05, 4.69) is 27.6 Å². The summed E-state index contributed by atoms with van der Waals surface area (Å²) in [6.45, 7) is 0.865. The van der Waals surface area contributed by atoms with Crippen LogP contribution in [-0.4, -0.2) is 23.7 Å². The van der Waals surface area contributed by atoms with Gasteiger partial charge in [-0.2, -0.15) is 4.98 Å². The lowest BCUT2D eigenvalue weighted by molar-refractivity contribution is 0.379. The number of hydrogen-bond donors (Lipinski definition) is 1. The predicted octanol–water partition coefficient (Wildman–Crippen LogP) is 1.42. The lowest BCUT2D eigenvalue weighted by Gasteiger charge is -1.94. The third kappa shape index (κ3) is 2.90. The van der Waals surface area contributed by atoms with Crippen LogP contribution in [0.5, 0.6) is 0 Å². The number of aromatic nitrogens is 2. The van der Waals surface area contributed by atoms with Crippen LogP contribution < -0.4 is 5.32 Å². The van der Waals surface area contributed by atoms with Crippen LogP contribution in [0.4, 0.5) is 0 Å². The van der Waals surface area contributed by atoms with Gasteiger partial charge in [-0.1, -0.05) is 35.5 Å². The van der Waals surface area contributed by atoms with Gasteiger partial charge in [0.15, 0.2) is 5.82 Å². The van der Waals surface area contributed by atoms with Crippen LogP contribution in [-0.2, 0) is 12.8 Å². The summed E-state index contributed by atoms with van der Waals surface area (Å²) in [6, 6.07) is 10.1. The lowest BCUT2D eigenvalue weighted by atomic mass is 10.1. The molecule has 4 heteroatoms. The van der Waals surface area contributed by atoms with Crippen molar-refractivity contribution in [1.29, 1.82) is 0 Å². The minimum Gasteiger partial charge on any atom is -0.339 e. The summed E-state index contributed by atoms with van der Waals surface area (Å²) in [4.78, 5) is 4.33. The normalized spacial score (nSPS) is 10.6. The molecule has 0 saturated heterocycles. The van der Waals surface area contributed by atoms with E-state index in [0.29, 0.717) is 12.3 Å². The van der Waals surface area contributed by atoms with Crippen molar-refractivity contribution in [1.82, 2.24) is 15.5 Å². The topological polar surface area (TPSA) is 51.0 Å². The van der Waals surface area contributed by atoms with Gasteiger partial charge in [-0.15, -0.1) is 0 Å². The number of nitrogens with one attached hydrogen (secondary N) is 1. The summed E-state index contributed by atoms with van der Waals surface area (Å²) in [6.07, 6.45) is 1.50. The molecule has 1 heterocycles. The summed E-state index contributed by atoms with van der Waals surface area (Å²) in [5.41, 5.74) is 1.19. The molecule has 0 unspecified atom stereocenters. The van der Waals surface area contributed by atoms with Gasteiger partial charge in [0, 0.05) is 13.0 Å². The summed E-state index contributed by atoms with van der Waals surface area (Å²) in [5.74, 6) is 1.44. The summed E-state index contributed by atoms with van der Waals surface area (Å²) >= 11 is 0. The van der Waals surface area contributed by atoms with Gasteiger partial charge < -0.3 is 9.84 Å². The molecule has 1 aromatic heterocycles. The van der Waals surface area contributed by atoms with Crippen molar-refractivity contribution in [3.63, 3.8) is 0 Å². The van der Waals surface area contributed by atoms with Crippen molar-refractivity contribution < 1.29 is 4.52 Å². The Morgan fingerprint density at radius 3 is 2.81 bits per heavy atom. The van der Waals surface area contributed by atoms with E-state index in [-0.39, 0.29) is 0 Å². The van der Waals surface area contributed by atoms with E-state index < -0.39 is 0 Å². The van der Waals surface area contributed by atoms with Crippen LogP contribution in [0.3, 0.4) is 0 Å². The van der Waals surface area contributed by atoms with Gasteiger partial charge in [-0.05, 0) is 12.6 Å². The highest BCUT2D eigenvalue weighted by atomic mass is 16.5. The fraction of sp³-hybridized carbons (Fsp3) is 0.333. The number of rotatable bonds is 5. The average Bonchev–Trinajstić information content (AvgIpc) is 2.75. The molecule has 84 valence electrons. The summed E-state index contributed by atoms with van der Waals surface area (Å²) in [7, 11) is 1.91. The Kier molecular flexibility index (Phi) is 3.66. The van der Waals surface area contributed by atoms with Crippen LogP contribution in [0.1, 0.15) is 17.3 Å². The highest BCUT2D eigenvalue weighted by Crippen LogP contribution is 2.07. The third-order valence-corrected chi connectivity index (χ3v) is 2.31. The maximum atomic E-state index is 5.18. The molecule has 2 rings (SSSR count). The van der Waals surface area contributed by atoms with E-state index in [0.717, 1.165) is 18.8 Å². The molecule has 0 aliphatic carbocycles. The Morgan fingerprint density at radius 2 is 2.06 bits per heavy atom. The molecule has 0 aliphatic rings. The quantitative estimate of drug-likeness (QED) is 0.823. The van der Waals surface area contributed by atoms with E-state index in [1.807, 2.05) is 25.2 Å². The molecule has 0 aliphatic heterocycles. The first-order chi connectivity index (χ1) is 7.88. The maximum absolute atomic E-state index is 5.18. The highest BCUT2D eigenvalue weighted by Gasteiger charge is 2.06. The second kappa shape index (κ2) is 5.42. The standard InChI is InChI=1S/C12H15N3O/c1-13-8-7-11-14-12(16-15-11)9-10-5-3-2-4-6-10/h2-6,13H,7-9H2,1H3. The molecular weight excluding hydrogens is 202 g/mol. The van der Waals surface area contributed by atoms with E-state index in [1.54, 1.807) is 0 Å². The molecular formula is C12H15N3O. The molecule has 0 fully saturated rings. The molecule has 0 saturated carbocycles. The van der Waals surface area contributed by atoms with Crippen LogP contribution >= 0.6 is 0 Å². The molecule has 1 aromatic carbocycles. The van der Waals surface area contributed by atoms with Crippen molar-refractivity contribution in [2.75, 3.05) is 13.6 Å². The van der Waals surface area contributed by atoms with Gasteiger partial charge in [0.1, 0.15) is 0 Å². The molecule has 0 spiro atoms. The van der Waals surface area contributed by atoms with Crippen molar-refractivity contribution in [3.05, 3.63) is 47.6 Å². The van der Waals surface area contributed by atoms with Crippen LogP contribution in [0, 0.1) is 0 Å². The zero-order valence-electron chi connectivity index (χ0n) is 9.31. The molecule has 0 amide bonds. The van der Waals surface area contributed by atoms with E-state index in [4.69, 9.17) is 4.52 Å². The van der Waals surface area contributed by atoms with Gasteiger partial charge in [0.05, 0.1) is 6.42 Å². The van der Waals surface area contributed by atoms with Gasteiger partial charge in [-0.3, -0.25) is 0 Å². The Morgan fingerprint density at radius 1 is 1.25 bits per heavy atom. The van der Waals surface area contributed by atoms with Crippen LogP contribution in [0.2, 0.25) is 0 Å². The lowest BCUT2D eigenvalue weighted by Crippen LogP contribution is -2.11. The highest BCUT2D eigenvalue weighted by molar-refractivity contribution is 5.17. The van der Waals surface area contributed by atoms with Crippen molar-refractivity contribution in [2.24, 2.45) is 0 Å². The number of benzene rings is 1. The van der Waals surface area contributed by atoms with Crippen molar-refractivity contribution in [3.8, 4) is 0 Å². The largest absolute Gasteiger partial charge is 0.339 e. The summed E-state index contributed by atoms with van der Waals surface area (Å²) in [5, 5.41) is 6.98. The second-order valence-corrected chi connectivity index (χ2v) is 3.62. The number of hydrogen-bond acceptors (Lipinski definition) is 4. The molecule has 1 N–H and O–H groups in total. The monoisotopic (exact) mass is 217 g/mol. The van der Waals surface area contributed by atoms with E-state index in [1.165, 1.54) is 5.56 Å². The van der Waals surface area contributed by atoms with E-state index in [9.17, 15) is 0 Å². The van der Waals surface area contributed by atoms with Gasteiger partial charge in [-0.25, -0.2) is 0 Å². The Labute approximate surface area is 94.7 Å². The number of likely N-dealkylation sites (N-methyl/N-ethyl adjacent to an activating group) is 1. The molecule has 4 nitrogen and oxygen atoms in total. The fourth-order valence-corrected chi connectivity index (χ4v) is 1.47. The average molecular weight is 217 g/mol. The molecule has 0 atom stereocenters. The minimum atomic E-state index is 0.678. The van der Waals surface area contributed by atoms with E-state index >= 15 is 0 Å². The Balaban J connectivity index is 1.97. The first-order valence-corrected chi connectivity index (χ1v) is 5.38. The smallest absolute Gasteiger partial charge is 0.231 e. The van der Waals surface area contributed by atoms with Crippen molar-refractivity contribution in [2.45, 2.75) is 12.8 Å². The predicted molar refractivity (Wildman–Crippen MR) is 61.2 cm³/mol. The van der Waals surface area contributed by atoms with Crippen molar-refractivity contribution >= 4 is 0 Å². The molecule has 0 radical (unpaired) electrons. The first-order valence-electron chi connectivity index (χ1n) is 5.38.